The Morgan fingerprint density at radius 2 is 2.11 bits per heavy atom. The maximum absolute atomic E-state index is 11.8. The molecule has 1 rings (SSSR count). The van der Waals surface area contributed by atoms with E-state index in [1.165, 1.54) is 6.92 Å². The molecule has 0 saturated heterocycles. The standard InChI is InChI=1S/C10H14N2O6S/c1-7(13)4-5-11-19(17,18)8-2-3-10(14)9(6-8)12(15)16/h2-3,6-7,11,13-14H,4-5H2,1H3. The van der Waals surface area contributed by atoms with Crippen LogP contribution < -0.4 is 4.72 Å². The lowest BCUT2D eigenvalue weighted by atomic mass is 10.3. The number of aliphatic hydroxyl groups excluding tert-OH is 1. The molecule has 0 bridgehead atoms. The van der Waals surface area contributed by atoms with Crippen molar-refractivity contribution in [3.8, 4) is 5.75 Å². The number of benzene rings is 1. The third-order valence-corrected chi connectivity index (χ3v) is 3.77. The van der Waals surface area contributed by atoms with Crippen LogP contribution in [-0.2, 0) is 10.0 Å². The maximum Gasteiger partial charge on any atom is 0.312 e. The molecule has 1 aromatic carbocycles. The van der Waals surface area contributed by atoms with E-state index in [0.717, 1.165) is 18.2 Å². The van der Waals surface area contributed by atoms with Crippen LogP contribution in [0.2, 0.25) is 0 Å². The van der Waals surface area contributed by atoms with Gasteiger partial charge in [-0.25, -0.2) is 13.1 Å². The van der Waals surface area contributed by atoms with Crippen LogP contribution in [0.4, 0.5) is 5.69 Å². The van der Waals surface area contributed by atoms with Gasteiger partial charge in [0.05, 0.1) is 15.9 Å². The molecule has 0 aliphatic carbocycles. The zero-order chi connectivity index (χ0) is 14.6. The first-order valence-corrected chi connectivity index (χ1v) is 6.87. The van der Waals surface area contributed by atoms with E-state index in [-0.39, 0.29) is 17.9 Å². The molecule has 0 aromatic heterocycles. The fourth-order valence-corrected chi connectivity index (χ4v) is 2.37. The Morgan fingerprint density at radius 3 is 2.63 bits per heavy atom. The second kappa shape index (κ2) is 5.95. The topological polar surface area (TPSA) is 130 Å². The number of rotatable bonds is 6. The van der Waals surface area contributed by atoms with Crippen LogP contribution in [-0.4, -0.2) is 36.2 Å². The molecule has 8 nitrogen and oxygen atoms in total. The lowest BCUT2D eigenvalue weighted by molar-refractivity contribution is -0.386. The zero-order valence-corrected chi connectivity index (χ0v) is 10.9. The molecule has 1 unspecified atom stereocenters. The number of aromatic hydroxyl groups is 1. The molecule has 0 radical (unpaired) electrons. The van der Waals surface area contributed by atoms with Crippen LogP contribution in [0.1, 0.15) is 13.3 Å². The smallest absolute Gasteiger partial charge is 0.312 e. The predicted molar refractivity (Wildman–Crippen MR) is 66.2 cm³/mol. The summed E-state index contributed by atoms with van der Waals surface area (Å²) in [6.07, 6.45) is -0.434. The Hall–Kier alpha value is -1.71. The summed E-state index contributed by atoms with van der Waals surface area (Å²) in [5.74, 6) is -0.604. The van der Waals surface area contributed by atoms with Gasteiger partial charge in [-0.15, -0.1) is 0 Å². The third-order valence-electron chi connectivity index (χ3n) is 2.31. The first kappa shape index (κ1) is 15.3. The van der Waals surface area contributed by atoms with Crippen molar-refractivity contribution in [3.63, 3.8) is 0 Å². The lowest BCUT2D eigenvalue weighted by Crippen LogP contribution is -2.26. The molecule has 1 atom stereocenters. The Bertz CT molecular complexity index is 569. The highest BCUT2D eigenvalue weighted by atomic mass is 32.2. The van der Waals surface area contributed by atoms with Crippen molar-refractivity contribution in [1.29, 1.82) is 0 Å². The number of sulfonamides is 1. The van der Waals surface area contributed by atoms with Gasteiger partial charge in [0.15, 0.2) is 5.75 Å². The van der Waals surface area contributed by atoms with Crippen molar-refractivity contribution in [2.24, 2.45) is 0 Å². The highest BCUT2D eigenvalue weighted by Gasteiger charge is 2.20. The number of nitro benzene ring substituents is 1. The molecule has 3 N–H and O–H groups in total. The van der Waals surface area contributed by atoms with Crippen LogP contribution in [0.15, 0.2) is 23.1 Å². The van der Waals surface area contributed by atoms with Gasteiger partial charge < -0.3 is 10.2 Å². The second-order valence-electron chi connectivity index (χ2n) is 3.94. The number of phenols is 1. The van der Waals surface area contributed by atoms with Gasteiger partial charge in [-0.3, -0.25) is 10.1 Å². The van der Waals surface area contributed by atoms with Crippen molar-refractivity contribution in [3.05, 3.63) is 28.3 Å². The molecule has 0 aliphatic heterocycles. The molecular weight excluding hydrogens is 276 g/mol. The largest absolute Gasteiger partial charge is 0.502 e. The predicted octanol–water partition coefficient (Wildman–Crippen LogP) is 0.350. The summed E-state index contributed by atoms with van der Waals surface area (Å²) in [4.78, 5) is 9.41. The van der Waals surface area contributed by atoms with Gasteiger partial charge >= 0.3 is 5.69 Å². The minimum atomic E-state index is -3.91. The van der Waals surface area contributed by atoms with Gasteiger partial charge in [0.1, 0.15) is 0 Å². The quantitative estimate of drug-likeness (QED) is 0.512. The Kier molecular flexibility index (Phi) is 4.81. The number of nitrogens with one attached hydrogen (secondary N) is 1. The molecule has 106 valence electrons. The molecule has 0 heterocycles. The lowest BCUT2D eigenvalue weighted by Gasteiger charge is -2.08. The molecule has 0 saturated carbocycles. The van der Waals surface area contributed by atoms with Crippen molar-refractivity contribution < 1.29 is 23.6 Å². The maximum atomic E-state index is 11.8. The first-order chi connectivity index (χ1) is 8.74. The van der Waals surface area contributed by atoms with Crippen molar-refractivity contribution in [1.82, 2.24) is 4.72 Å². The average molecular weight is 290 g/mol. The number of aliphatic hydroxyl groups is 1. The summed E-state index contributed by atoms with van der Waals surface area (Å²) in [5, 5.41) is 28.8. The van der Waals surface area contributed by atoms with Crippen molar-refractivity contribution in [2.45, 2.75) is 24.3 Å². The van der Waals surface area contributed by atoms with Gasteiger partial charge in [-0.1, -0.05) is 0 Å². The Morgan fingerprint density at radius 1 is 1.47 bits per heavy atom. The zero-order valence-electron chi connectivity index (χ0n) is 10.1. The second-order valence-corrected chi connectivity index (χ2v) is 5.71. The summed E-state index contributed by atoms with van der Waals surface area (Å²) in [5.41, 5.74) is -0.682. The van der Waals surface area contributed by atoms with Gasteiger partial charge in [0.2, 0.25) is 10.0 Å². The molecule has 1 aromatic rings. The number of hydrogen-bond acceptors (Lipinski definition) is 6. The van der Waals surface area contributed by atoms with Crippen molar-refractivity contribution >= 4 is 15.7 Å². The third kappa shape index (κ3) is 4.16. The van der Waals surface area contributed by atoms with Crippen LogP contribution in [0.25, 0.3) is 0 Å². The normalized spacial score (nSPS) is 13.2. The van der Waals surface area contributed by atoms with Crippen LogP contribution in [0.3, 0.4) is 0 Å². The molecule has 9 heteroatoms. The van der Waals surface area contributed by atoms with Crippen LogP contribution in [0.5, 0.6) is 5.75 Å². The minimum Gasteiger partial charge on any atom is -0.502 e. The highest BCUT2D eigenvalue weighted by Crippen LogP contribution is 2.28. The van der Waals surface area contributed by atoms with Crippen LogP contribution >= 0.6 is 0 Å². The highest BCUT2D eigenvalue weighted by molar-refractivity contribution is 7.89. The van der Waals surface area contributed by atoms with Gasteiger partial charge in [0.25, 0.3) is 0 Å². The van der Waals surface area contributed by atoms with E-state index < -0.39 is 32.5 Å². The average Bonchev–Trinajstić information content (AvgIpc) is 2.27. The molecular formula is C10H14N2O6S. The van der Waals surface area contributed by atoms with Crippen LogP contribution in [0, 0.1) is 10.1 Å². The van der Waals surface area contributed by atoms with Gasteiger partial charge in [0, 0.05) is 12.6 Å². The minimum absolute atomic E-state index is 0.00861. The number of nitro groups is 1. The summed E-state index contributed by atoms with van der Waals surface area (Å²) < 4.78 is 25.8. The SMILES string of the molecule is CC(O)CCNS(=O)(=O)c1ccc(O)c([N+](=O)[O-])c1. The fourth-order valence-electron chi connectivity index (χ4n) is 1.30. The molecule has 19 heavy (non-hydrogen) atoms. The first-order valence-electron chi connectivity index (χ1n) is 5.39. The number of nitrogens with zero attached hydrogens (tertiary/aromatic N) is 1. The number of hydrogen-bond donors (Lipinski definition) is 3. The van der Waals surface area contributed by atoms with E-state index in [9.17, 15) is 23.6 Å². The summed E-state index contributed by atoms with van der Waals surface area (Å²) in [6.45, 7) is 1.52. The molecule has 0 spiro atoms. The van der Waals surface area contributed by atoms with Gasteiger partial charge in [-0.2, -0.15) is 0 Å². The summed E-state index contributed by atoms with van der Waals surface area (Å²) in [7, 11) is -3.91. The van der Waals surface area contributed by atoms with E-state index in [0.29, 0.717) is 0 Å². The Labute approximate surface area is 109 Å². The summed E-state index contributed by atoms with van der Waals surface area (Å²) in [6, 6.07) is 2.79. The van der Waals surface area contributed by atoms with E-state index in [4.69, 9.17) is 5.11 Å². The van der Waals surface area contributed by atoms with E-state index >= 15 is 0 Å². The Balaban J connectivity index is 2.96. The molecule has 0 aliphatic rings. The molecule has 0 amide bonds. The number of phenolic OH excluding ortho intramolecular Hbond substituents is 1. The van der Waals surface area contributed by atoms with Crippen molar-refractivity contribution in [2.75, 3.05) is 6.54 Å². The monoisotopic (exact) mass is 290 g/mol. The van der Waals surface area contributed by atoms with E-state index in [1.807, 2.05) is 0 Å². The molecule has 0 fully saturated rings. The van der Waals surface area contributed by atoms with E-state index in [2.05, 4.69) is 4.72 Å². The fraction of sp³-hybridized carbons (Fsp3) is 0.400. The summed E-state index contributed by atoms with van der Waals surface area (Å²) >= 11 is 0. The van der Waals surface area contributed by atoms with E-state index in [1.54, 1.807) is 0 Å². The van der Waals surface area contributed by atoms with Gasteiger partial charge in [-0.05, 0) is 25.5 Å².